The van der Waals surface area contributed by atoms with Crippen molar-refractivity contribution < 1.29 is 9.47 Å². The van der Waals surface area contributed by atoms with E-state index in [4.69, 9.17) is 15.2 Å². The van der Waals surface area contributed by atoms with E-state index in [2.05, 4.69) is 10.3 Å². The fraction of sp³-hybridized carbons (Fsp3) is 0.615. The predicted molar refractivity (Wildman–Crippen MR) is 71.9 cm³/mol. The summed E-state index contributed by atoms with van der Waals surface area (Å²) in [4.78, 5) is 4.27. The lowest BCUT2D eigenvalue weighted by Crippen LogP contribution is -2.22. The number of methoxy groups -OCH3 is 1. The number of hydrogen-bond donors (Lipinski definition) is 2. The maximum Gasteiger partial charge on any atom is 0.215 e. The Morgan fingerprint density at radius 1 is 1.50 bits per heavy atom. The summed E-state index contributed by atoms with van der Waals surface area (Å²) in [5, 5.41) is 3.24. The minimum absolute atomic E-state index is 0.373. The van der Waals surface area contributed by atoms with E-state index in [1.54, 1.807) is 19.2 Å². The summed E-state index contributed by atoms with van der Waals surface area (Å²) in [6.07, 6.45) is 4.97. The van der Waals surface area contributed by atoms with E-state index in [9.17, 15) is 0 Å². The molecular formula is C13H21N3O2. The highest BCUT2D eigenvalue weighted by Gasteiger charge is 2.13. The molecule has 1 unspecified atom stereocenters. The molecule has 2 rings (SSSR count). The van der Waals surface area contributed by atoms with Gasteiger partial charge in [-0.05, 0) is 31.7 Å². The van der Waals surface area contributed by atoms with Crippen LogP contribution in [-0.2, 0) is 4.74 Å². The summed E-state index contributed by atoms with van der Waals surface area (Å²) >= 11 is 0. The number of hydrogen-bond acceptors (Lipinski definition) is 5. The molecule has 3 N–H and O–H groups in total. The van der Waals surface area contributed by atoms with Crippen molar-refractivity contribution in [2.24, 2.45) is 0 Å². The summed E-state index contributed by atoms with van der Waals surface area (Å²) in [6.45, 7) is 1.71. The van der Waals surface area contributed by atoms with Gasteiger partial charge in [-0.15, -0.1) is 0 Å². The van der Waals surface area contributed by atoms with E-state index in [-0.39, 0.29) is 0 Å². The van der Waals surface area contributed by atoms with Gasteiger partial charge in [0, 0.05) is 19.2 Å². The summed E-state index contributed by atoms with van der Waals surface area (Å²) in [6, 6.07) is 3.55. The van der Waals surface area contributed by atoms with Crippen LogP contribution in [0.3, 0.4) is 0 Å². The van der Waals surface area contributed by atoms with Crippen LogP contribution in [0, 0.1) is 0 Å². The van der Waals surface area contributed by atoms with Crippen LogP contribution < -0.4 is 15.8 Å². The predicted octanol–water partition coefficient (Wildman–Crippen LogP) is 2.04. The van der Waals surface area contributed by atoms with E-state index in [0.717, 1.165) is 26.0 Å². The topological polar surface area (TPSA) is 69.4 Å². The van der Waals surface area contributed by atoms with Gasteiger partial charge >= 0.3 is 0 Å². The molecule has 5 nitrogen and oxygen atoms in total. The van der Waals surface area contributed by atoms with Crippen LogP contribution in [0.5, 0.6) is 5.88 Å². The van der Waals surface area contributed by atoms with Gasteiger partial charge in [-0.2, -0.15) is 4.98 Å². The lowest BCUT2D eigenvalue weighted by molar-refractivity contribution is 0.0134. The third-order valence-electron chi connectivity index (χ3n) is 3.14. The first-order valence-electron chi connectivity index (χ1n) is 6.45. The number of rotatable bonds is 5. The highest BCUT2D eigenvalue weighted by Crippen LogP contribution is 2.20. The van der Waals surface area contributed by atoms with Gasteiger partial charge in [0.2, 0.25) is 5.88 Å². The third-order valence-corrected chi connectivity index (χ3v) is 3.14. The van der Waals surface area contributed by atoms with E-state index in [0.29, 0.717) is 23.5 Å². The average molecular weight is 251 g/mol. The minimum atomic E-state index is 0.373. The maximum atomic E-state index is 5.85. The van der Waals surface area contributed by atoms with Crippen molar-refractivity contribution in [3.8, 4) is 5.88 Å². The molecule has 100 valence electrons. The Balaban J connectivity index is 1.81. The van der Waals surface area contributed by atoms with Crippen LogP contribution in [0.1, 0.15) is 25.7 Å². The lowest BCUT2D eigenvalue weighted by atomic mass is 10.1. The minimum Gasteiger partial charge on any atom is -0.481 e. The SMILES string of the molecule is COc1ccc(N)c(NCCC2CCCCO2)n1. The van der Waals surface area contributed by atoms with Crippen molar-refractivity contribution >= 4 is 11.5 Å². The lowest BCUT2D eigenvalue weighted by Gasteiger charge is -2.22. The van der Waals surface area contributed by atoms with E-state index in [1.165, 1.54) is 12.8 Å². The van der Waals surface area contributed by atoms with Crippen molar-refractivity contribution in [1.29, 1.82) is 0 Å². The molecule has 1 aliphatic rings. The quantitative estimate of drug-likeness (QED) is 0.838. The van der Waals surface area contributed by atoms with Crippen molar-refractivity contribution in [2.75, 3.05) is 31.3 Å². The molecule has 5 heteroatoms. The van der Waals surface area contributed by atoms with Gasteiger partial charge in [-0.3, -0.25) is 0 Å². The number of nitrogens with one attached hydrogen (secondary N) is 1. The zero-order chi connectivity index (χ0) is 12.8. The largest absolute Gasteiger partial charge is 0.481 e. The molecule has 18 heavy (non-hydrogen) atoms. The molecule has 1 aromatic rings. The van der Waals surface area contributed by atoms with Crippen LogP contribution in [0.25, 0.3) is 0 Å². The normalized spacial score (nSPS) is 19.5. The first-order chi connectivity index (χ1) is 8.79. The zero-order valence-corrected chi connectivity index (χ0v) is 10.8. The molecule has 1 atom stereocenters. The molecule has 0 amide bonds. The molecule has 1 aliphatic heterocycles. The molecular weight excluding hydrogens is 230 g/mol. The summed E-state index contributed by atoms with van der Waals surface area (Å²) in [7, 11) is 1.60. The summed E-state index contributed by atoms with van der Waals surface area (Å²) in [5.41, 5.74) is 6.49. The van der Waals surface area contributed by atoms with Crippen LogP contribution in [0.15, 0.2) is 12.1 Å². The Labute approximate surface area is 108 Å². The second kappa shape index (κ2) is 6.44. The Hall–Kier alpha value is -1.49. The standard InChI is InChI=1S/C13H21N3O2/c1-17-12-6-5-11(14)13(16-12)15-8-7-10-4-2-3-9-18-10/h5-6,10H,2-4,7-9,14H2,1H3,(H,15,16). The van der Waals surface area contributed by atoms with Crippen molar-refractivity contribution in [1.82, 2.24) is 4.98 Å². The smallest absolute Gasteiger partial charge is 0.215 e. The summed E-state index contributed by atoms with van der Waals surface area (Å²) in [5.74, 6) is 1.26. The highest BCUT2D eigenvalue weighted by molar-refractivity contribution is 5.61. The number of nitrogens with two attached hydrogens (primary N) is 1. The summed E-state index contributed by atoms with van der Waals surface area (Å²) < 4.78 is 10.7. The van der Waals surface area contributed by atoms with Gasteiger partial charge in [-0.25, -0.2) is 0 Å². The number of pyridine rings is 1. The number of nitrogens with zero attached hydrogens (tertiary/aromatic N) is 1. The monoisotopic (exact) mass is 251 g/mol. The van der Waals surface area contributed by atoms with Gasteiger partial charge in [0.05, 0.1) is 18.9 Å². The second-order valence-electron chi connectivity index (χ2n) is 4.50. The maximum absolute atomic E-state index is 5.85. The average Bonchev–Trinajstić information content (AvgIpc) is 2.42. The highest BCUT2D eigenvalue weighted by atomic mass is 16.5. The van der Waals surface area contributed by atoms with Gasteiger partial charge in [0.1, 0.15) is 0 Å². The zero-order valence-electron chi connectivity index (χ0n) is 10.8. The Bertz CT molecular complexity index is 378. The third kappa shape index (κ3) is 3.50. The fourth-order valence-corrected chi connectivity index (χ4v) is 2.09. The molecule has 2 heterocycles. The van der Waals surface area contributed by atoms with Gasteiger partial charge in [0.25, 0.3) is 0 Å². The number of nitrogen functional groups attached to an aromatic ring is 1. The Morgan fingerprint density at radius 2 is 2.39 bits per heavy atom. The number of ether oxygens (including phenoxy) is 2. The Kier molecular flexibility index (Phi) is 4.64. The Morgan fingerprint density at radius 3 is 3.11 bits per heavy atom. The van der Waals surface area contributed by atoms with Crippen molar-refractivity contribution in [3.63, 3.8) is 0 Å². The number of aromatic nitrogens is 1. The molecule has 0 radical (unpaired) electrons. The van der Waals surface area contributed by atoms with Gasteiger partial charge in [0.15, 0.2) is 5.82 Å². The van der Waals surface area contributed by atoms with Crippen LogP contribution >= 0.6 is 0 Å². The van der Waals surface area contributed by atoms with E-state index >= 15 is 0 Å². The first kappa shape index (κ1) is 13.0. The van der Waals surface area contributed by atoms with Gasteiger partial charge < -0.3 is 20.5 Å². The van der Waals surface area contributed by atoms with Crippen molar-refractivity contribution in [2.45, 2.75) is 31.8 Å². The second-order valence-corrected chi connectivity index (χ2v) is 4.50. The molecule has 0 saturated carbocycles. The van der Waals surface area contributed by atoms with Gasteiger partial charge in [-0.1, -0.05) is 0 Å². The van der Waals surface area contributed by atoms with Crippen LogP contribution in [-0.4, -0.2) is 31.3 Å². The number of anilines is 2. The fourth-order valence-electron chi connectivity index (χ4n) is 2.09. The van der Waals surface area contributed by atoms with E-state index in [1.807, 2.05) is 0 Å². The van der Waals surface area contributed by atoms with E-state index < -0.39 is 0 Å². The molecule has 0 spiro atoms. The molecule has 0 bridgehead atoms. The molecule has 1 fully saturated rings. The van der Waals surface area contributed by atoms with Crippen LogP contribution in [0.2, 0.25) is 0 Å². The molecule has 0 aromatic carbocycles. The molecule has 0 aliphatic carbocycles. The van der Waals surface area contributed by atoms with Crippen LogP contribution in [0.4, 0.5) is 11.5 Å². The van der Waals surface area contributed by atoms with Crippen molar-refractivity contribution in [3.05, 3.63) is 12.1 Å². The molecule has 1 aromatic heterocycles. The molecule has 1 saturated heterocycles. The first-order valence-corrected chi connectivity index (χ1v) is 6.45.